The lowest BCUT2D eigenvalue weighted by Crippen LogP contribution is -2.31. The molecule has 0 saturated heterocycles. The molecule has 92 valence electrons. The highest BCUT2D eigenvalue weighted by molar-refractivity contribution is 6.30. The highest BCUT2D eigenvalue weighted by atomic mass is 35.5. The topological polar surface area (TPSA) is 66.9 Å². The van der Waals surface area contributed by atoms with Gasteiger partial charge >= 0.3 is 0 Å². The fourth-order valence-corrected chi connectivity index (χ4v) is 1.65. The van der Waals surface area contributed by atoms with E-state index in [9.17, 15) is 4.79 Å². The SMILES string of the molecule is Cc1nc(Cl)c(C)c(NCC(=O)NC2CC2)n1. The Morgan fingerprint density at radius 3 is 2.76 bits per heavy atom. The zero-order valence-electron chi connectivity index (χ0n) is 9.88. The maximum Gasteiger partial charge on any atom is 0.239 e. The van der Waals surface area contributed by atoms with Crippen molar-refractivity contribution >= 4 is 23.3 Å². The maximum absolute atomic E-state index is 11.5. The fourth-order valence-electron chi connectivity index (χ4n) is 1.44. The predicted octanol–water partition coefficient (Wildman–Crippen LogP) is 1.44. The van der Waals surface area contributed by atoms with Gasteiger partial charge in [0.1, 0.15) is 16.8 Å². The second-order valence-electron chi connectivity index (χ2n) is 4.23. The molecule has 2 N–H and O–H groups in total. The number of aryl methyl sites for hydroxylation is 1. The summed E-state index contributed by atoms with van der Waals surface area (Å²) in [6.07, 6.45) is 2.17. The predicted molar refractivity (Wildman–Crippen MR) is 66.2 cm³/mol. The largest absolute Gasteiger partial charge is 0.361 e. The third-order valence-electron chi connectivity index (χ3n) is 2.56. The first kappa shape index (κ1) is 12.1. The summed E-state index contributed by atoms with van der Waals surface area (Å²) in [5.74, 6) is 1.19. The Hall–Kier alpha value is -1.36. The molecule has 1 heterocycles. The number of nitrogens with one attached hydrogen (secondary N) is 2. The van der Waals surface area contributed by atoms with Crippen LogP contribution in [0.1, 0.15) is 24.2 Å². The number of anilines is 1. The van der Waals surface area contributed by atoms with E-state index in [1.807, 2.05) is 6.92 Å². The number of hydrogen-bond acceptors (Lipinski definition) is 4. The van der Waals surface area contributed by atoms with Gasteiger partial charge in [0.25, 0.3) is 0 Å². The van der Waals surface area contributed by atoms with E-state index >= 15 is 0 Å². The van der Waals surface area contributed by atoms with Crippen LogP contribution in [0.5, 0.6) is 0 Å². The monoisotopic (exact) mass is 254 g/mol. The van der Waals surface area contributed by atoms with E-state index in [1.54, 1.807) is 6.92 Å². The minimum absolute atomic E-state index is 0.0145. The van der Waals surface area contributed by atoms with E-state index in [4.69, 9.17) is 11.6 Å². The minimum atomic E-state index is -0.0145. The standard InChI is InChI=1S/C11H15ClN4O/c1-6-10(12)14-7(2)15-11(6)13-5-9(17)16-8-3-4-8/h8H,3-5H2,1-2H3,(H,16,17)(H,13,14,15). The molecular formula is C11H15ClN4O. The van der Waals surface area contributed by atoms with Crippen molar-refractivity contribution in [2.24, 2.45) is 0 Å². The van der Waals surface area contributed by atoms with E-state index in [0.717, 1.165) is 18.4 Å². The van der Waals surface area contributed by atoms with Crippen molar-refractivity contribution in [3.8, 4) is 0 Å². The molecule has 0 unspecified atom stereocenters. The second kappa shape index (κ2) is 4.87. The average molecular weight is 255 g/mol. The lowest BCUT2D eigenvalue weighted by molar-refractivity contribution is -0.119. The van der Waals surface area contributed by atoms with Crippen LogP contribution in [-0.4, -0.2) is 28.5 Å². The van der Waals surface area contributed by atoms with E-state index in [-0.39, 0.29) is 12.5 Å². The van der Waals surface area contributed by atoms with Crippen molar-refractivity contribution in [2.45, 2.75) is 32.7 Å². The quantitative estimate of drug-likeness (QED) is 0.798. The summed E-state index contributed by atoms with van der Waals surface area (Å²) in [5.41, 5.74) is 0.761. The number of amides is 1. The van der Waals surface area contributed by atoms with Gasteiger partial charge in [-0.25, -0.2) is 9.97 Å². The summed E-state index contributed by atoms with van der Waals surface area (Å²) in [6, 6.07) is 0.376. The molecule has 2 rings (SSSR count). The van der Waals surface area contributed by atoms with Gasteiger partial charge in [-0.2, -0.15) is 0 Å². The molecule has 0 atom stereocenters. The lowest BCUT2D eigenvalue weighted by atomic mass is 10.3. The van der Waals surface area contributed by atoms with Crippen LogP contribution in [0, 0.1) is 13.8 Å². The van der Waals surface area contributed by atoms with Gasteiger partial charge in [-0.1, -0.05) is 11.6 Å². The molecule has 1 aliphatic carbocycles. The molecule has 6 heteroatoms. The Morgan fingerprint density at radius 1 is 1.41 bits per heavy atom. The summed E-state index contributed by atoms with van der Waals surface area (Å²) >= 11 is 5.94. The molecule has 0 aromatic carbocycles. The van der Waals surface area contributed by atoms with Gasteiger partial charge in [0, 0.05) is 11.6 Å². The Kier molecular flexibility index (Phi) is 3.47. The number of halogens is 1. The van der Waals surface area contributed by atoms with Gasteiger partial charge in [-0.15, -0.1) is 0 Å². The number of carbonyl (C=O) groups excluding carboxylic acids is 1. The molecule has 17 heavy (non-hydrogen) atoms. The molecule has 1 amide bonds. The third-order valence-corrected chi connectivity index (χ3v) is 2.93. The summed E-state index contributed by atoms with van der Waals surface area (Å²) < 4.78 is 0. The number of rotatable bonds is 4. The Morgan fingerprint density at radius 2 is 2.12 bits per heavy atom. The molecule has 1 fully saturated rings. The smallest absolute Gasteiger partial charge is 0.239 e. The second-order valence-corrected chi connectivity index (χ2v) is 4.59. The summed E-state index contributed by atoms with van der Waals surface area (Å²) in [6.45, 7) is 3.80. The molecule has 0 aliphatic heterocycles. The van der Waals surface area contributed by atoms with Crippen LogP contribution in [0.25, 0.3) is 0 Å². The molecule has 1 saturated carbocycles. The zero-order chi connectivity index (χ0) is 12.4. The van der Waals surface area contributed by atoms with Crippen molar-refractivity contribution in [2.75, 3.05) is 11.9 Å². The molecule has 0 spiro atoms. The van der Waals surface area contributed by atoms with Crippen LogP contribution in [-0.2, 0) is 4.79 Å². The summed E-state index contributed by atoms with van der Waals surface area (Å²) in [7, 11) is 0. The van der Waals surface area contributed by atoms with Crippen molar-refractivity contribution < 1.29 is 4.79 Å². The van der Waals surface area contributed by atoms with Gasteiger partial charge in [-0.05, 0) is 26.7 Å². The number of hydrogen-bond donors (Lipinski definition) is 2. The lowest BCUT2D eigenvalue weighted by Gasteiger charge is -2.10. The fraction of sp³-hybridized carbons (Fsp3) is 0.545. The Balaban J connectivity index is 1.95. The third kappa shape index (κ3) is 3.30. The number of aromatic nitrogens is 2. The first-order chi connectivity index (χ1) is 8.06. The number of carbonyl (C=O) groups is 1. The van der Waals surface area contributed by atoms with Gasteiger partial charge in [0.15, 0.2) is 0 Å². The van der Waals surface area contributed by atoms with Crippen LogP contribution in [0.15, 0.2) is 0 Å². The highest BCUT2D eigenvalue weighted by Crippen LogP contribution is 2.20. The minimum Gasteiger partial charge on any atom is -0.361 e. The van der Waals surface area contributed by atoms with Crippen molar-refractivity contribution in [3.63, 3.8) is 0 Å². The Bertz CT molecular complexity index is 445. The van der Waals surface area contributed by atoms with E-state index in [2.05, 4.69) is 20.6 Å². The zero-order valence-corrected chi connectivity index (χ0v) is 10.6. The van der Waals surface area contributed by atoms with E-state index in [0.29, 0.717) is 22.8 Å². The normalized spacial score (nSPS) is 14.5. The number of nitrogens with zero attached hydrogens (tertiary/aromatic N) is 2. The Labute approximate surface area is 105 Å². The van der Waals surface area contributed by atoms with Crippen molar-refractivity contribution in [1.82, 2.24) is 15.3 Å². The molecule has 1 aromatic heterocycles. The molecule has 0 bridgehead atoms. The van der Waals surface area contributed by atoms with Gasteiger partial charge in [0.05, 0.1) is 6.54 Å². The summed E-state index contributed by atoms with van der Waals surface area (Å²) in [5, 5.41) is 6.29. The van der Waals surface area contributed by atoms with Crippen LogP contribution < -0.4 is 10.6 Å². The van der Waals surface area contributed by atoms with Crippen LogP contribution in [0.4, 0.5) is 5.82 Å². The van der Waals surface area contributed by atoms with Crippen LogP contribution in [0.3, 0.4) is 0 Å². The molecular weight excluding hydrogens is 240 g/mol. The van der Waals surface area contributed by atoms with Crippen molar-refractivity contribution in [3.05, 3.63) is 16.5 Å². The van der Waals surface area contributed by atoms with E-state index < -0.39 is 0 Å². The van der Waals surface area contributed by atoms with Crippen LogP contribution >= 0.6 is 11.6 Å². The molecule has 0 radical (unpaired) electrons. The van der Waals surface area contributed by atoms with E-state index in [1.165, 1.54) is 0 Å². The first-order valence-electron chi connectivity index (χ1n) is 5.60. The average Bonchev–Trinajstić information content (AvgIpc) is 3.05. The maximum atomic E-state index is 11.5. The van der Waals surface area contributed by atoms with Gasteiger partial charge in [-0.3, -0.25) is 4.79 Å². The molecule has 1 aliphatic rings. The van der Waals surface area contributed by atoms with Gasteiger partial charge in [0.2, 0.25) is 5.91 Å². The van der Waals surface area contributed by atoms with Crippen LogP contribution in [0.2, 0.25) is 5.15 Å². The highest BCUT2D eigenvalue weighted by Gasteiger charge is 2.23. The van der Waals surface area contributed by atoms with Crippen molar-refractivity contribution in [1.29, 1.82) is 0 Å². The first-order valence-corrected chi connectivity index (χ1v) is 5.98. The molecule has 5 nitrogen and oxygen atoms in total. The van der Waals surface area contributed by atoms with Gasteiger partial charge < -0.3 is 10.6 Å². The summed E-state index contributed by atoms with van der Waals surface area (Å²) in [4.78, 5) is 19.7. The molecule has 1 aromatic rings.